The summed E-state index contributed by atoms with van der Waals surface area (Å²) in [5, 5.41) is 14.2. The SMILES string of the molecule is CC(NC(=O)NCCO)C(C)C1CCCCC1. The number of nitrogens with one attached hydrogen (secondary N) is 2. The van der Waals surface area contributed by atoms with Gasteiger partial charge in [-0.15, -0.1) is 0 Å². The van der Waals surface area contributed by atoms with Crippen LogP contribution in [-0.4, -0.2) is 30.3 Å². The number of hydrogen-bond acceptors (Lipinski definition) is 2. The smallest absolute Gasteiger partial charge is 0.315 e. The molecular weight excluding hydrogens is 216 g/mol. The maximum Gasteiger partial charge on any atom is 0.315 e. The van der Waals surface area contributed by atoms with Crippen molar-refractivity contribution in [3.05, 3.63) is 0 Å². The fourth-order valence-corrected chi connectivity index (χ4v) is 2.63. The van der Waals surface area contributed by atoms with Crippen LogP contribution >= 0.6 is 0 Å². The minimum Gasteiger partial charge on any atom is -0.395 e. The summed E-state index contributed by atoms with van der Waals surface area (Å²) in [6.45, 7) is 4.60. The van der Waals surface area contributed by atoms with Crippen LogP contribution in [0.2, 0.25) is 0 Å². The first-order valence-electron chi connectivity index (χ1n) is 6.80. The highest BCUT2D eigenvalue weighted by molar-refractivity contribution is 5.74. The van der Waals surface area contributed by atoms with Crippen LogP contribution in [0.1, 0.15) is 46.0 Å². The van der Waals surface area contributed by atoms with Crippen molar-refractivity contribution in [1.29, 1.82) is 0 Å². The fraction of sp³-hybridized carbons (Fsp3) is 0.923. The highest BCUT2D eigenvalue weighted by Gasteiger charge is 2.25. The molecule has 1 fully saturated rings. The predicted octanol–water partition coefficient (Wildman–Crippen LogP) is 1.88. The van der Waals surface area contributed by atoms with E-state index in [4.69, 9.17) is 5.11 Å². The second-order valence-electron chi connectivity index (χ2n) is 5.17. The zero-order valence-corrected chi connectivity index (χ0v) is 11.0. The second-order valence-corrected chi connectivity index (χ2v) is 5.17. The Morgan fingerprint density at radius 2 is 1.94 bits per heavy atom. The summed E-state index contributed by atoms with van der Waals surface area (Å²) >= 11 is 0. The Balaban J connectivity index is 2.29. The van der Waals surface area contributed by atoms with E-state index in [1.807, 2.05) is 0 Å². The minimum absolute atomic E-state index is 0.0139. The van der Waals surface area contributed by atoms with Crippen molar-refractivity contribution in [2.45, 2.75) is 52.0 Å². The maximum atomic E-state index is 11.5. The Hall–Kier alpha value is -0.770. The normalized spacial score (nSPS) is 20.6. The summed E-state index contributed by atoms with van der Waals surface area (Å²) in [6.07, 6.45) is 6.62. The second kappa shape index (κ2) is 7.54. The molecule has 0 aliphatic heterocycles. The average Bonchev–Trinajstić information content (AvgIpc) is 2.36. The van der Waals surface area contributed by atoms with Crippen molar-refractivity contribution in [3.8, 4) is 0 Å². The van der Waals surface area contributed by atoms with E-state index in [1.165, 1.54) is 32.1 Å². The standard InChI is InChI=1S/C13H26N2O2/c1-10(12-6-4-3-5-7-12)11(2)15-13(17)14-8-9-16/h10-12,16H,3-9H2,1-2H3,(H2,14,15,17). The Bertz CT molecular complexity index is 227. The number of urea groups is 1. The van der Waals surface area contributed by atoms with Crippen LogP contribution in [0.4, 0.5) is 4.79 Å². The lowest BCUT2D eigenvalue weighted by Gasteiger charge is -2.32. The lowest BCUT2D eigenvalue weighted by molar-refractivity contribution is 0.203. The number of hydrogen-bond donors (Lipinski definition) is 3. The summed E-state index contributed by atoms with van der Waals surface area (Å²) in [5.74, 6) is 1.27. The van der Waals surface area contributed by atoms with Gasteiger partial charge in [-0.2, -0.15) is 0 Å². The Kier molecular flexibility index (Phi) is 6.34. The molecule has 0 saturated heterocycles. The van der Waals surface area contributed by atoms with Gasteiger partial charge in [0.2, 0.25) is 0 Å². The molecule has 2 unspecified atom stereocenters. The first-order chi connectivity index (χ1) is 8.15. The van der Waals surface area contributed by atoms with Gasteiger partial charge >= 0.3 is 6.03 Å². The highest BCUT2D eigenvalue weighted by atomic mass is 16.3. The van der Waals surface area contributed by atoms with E-state index < -0.39 is 0 Å². The molecule has 2 amide bonds. The number of rotatable bonds is 5. The average molecular weight is 242 g/mol. The Morgan fingerprint density at radius 1 is 1.29 bits per heavy atom. The summed E-state index contributed by atoms with van der Waals surface area (Å²) in [5.41, 5.74) is 0. The first-order valence-corrected chi connectivity index (χ1v) is 6.80. The Morgan fingerprint density at radius 3 is 2.53 bits per heavy atom. The maximum absolute atomic E-state index is 11.5. The van der Waals surface area contributed by atoms with Crippen molar-refractivity contribution in [1.82, 2.24) is 10.6 Å². The largest absolute Gasteiger partial charge is 0.395 e. The number of amides is 2. The monoisotopic (exact) mass is 242 g/mol. The number of carbonyl (C=O) groups excluding carboxylic acids is 1. The molecular formula is C13H26N2O2. The molecule has 0 aromatic carbocycles. The van der Waals surface area contributed by atoms with Crippen LogP contribution in [0, 0.1) is 11.8 Å². The first kappa shape index (κ1) is 14.3. The lowest BCUT2D eigenvalue weighted by atomic mass is 9.78. The van der Waals surface area contributed by atoms with Gasteiger partial charge in [0.1, 0.15) is 0 Å². The number of aliphatic hydroxyl groups is 1. The highest BCUT2D eigenvalue weighted by Crippen LogP contribution is 2.31. The van der Waals surface area contributed by atoms with Crippen LogP contribution in [-0.2, 0) is 0 Å². The van der Waals surface area contributed by atoms with E-state index in [-0.39, 0.29) is 18.7 Å². The third-order valence-corrected chi connectivity index (χ3v) is 3.94. The molecule has 0 bridgehead atoms. The molecule has 4 heteroatoms. The minimum atomic E-state index is -0.172. The van der Waals surface area contributed by atoms with Crippen LogP contribution in [0.15, 0.2) is 0 Å². The van der Waals surface area contributed by atoms with Crippen molar-refractivity contribution >= 4 is 6.03 Å². The molecule has 2 atom stereocenters. The topological polar surface area (TPSA) is 61.4 Å². The van der Waals surface area contributed by atoms with Gasteiger partial charge in [-0.3, -0.25) is 0 Å². The van der Waals surface area contributed by atoms with Crippen LogP contribution in [0.25, 0.3) is 0 Å². The zero-order valence-electron chi connectivity index (χ0n) is 11.0. The van der Waals surface area contributed by atoms with Gasteiger partial charge in [-0.25, -0.2) is 4.79 Å². The quantitative estimate of drug-likeness (QED) is 0.689. The van der Waals surface area contributed by atoms with Gasteiger partial charge in [-0.1, -0.05) is 39.0 Å². The molecule has 0 heterocycles. The van der Waals surface area contributed by atoms with Crippen molar-refractivity contribution < 1.29 is 9.90 Å². The number of aliphatic hydroxyl groups excluding tert-OH is 1. The molecule has 1 aliphatic rings. The number of carbonyl (C=O) groups is 1. The van der Waals surface area contributed by atoms with Gasteiger partial charge < -0.3 is 15.7 Å². The van der Waals surface area contributed by atoms with E-state index in [2.05, 4.69) is 24.5 Å². The van der Waals surface area contributed by atoms with Crippen molar-refractivity contribution in [2.24, 2.45) is 11.8 Å². The lowest BCUT2D eigenvalue weighted by Crippen LogP contribution is -2.45. The molecule has 3 N–H and O–H groups in total. The third-order valence-electron chi connectivity index (χ3n) is 3.94. The molecule has 0 radical (unpaired) electrons. The molecule has 0 spiro atoms. The van der Waals surface area contributed by atoms with Gasteiger partial charge in [0.25, 0.3) is 0 Å². The van der Waals surface area contributed by atoms with E-state index in [1.54, 1.807) is 0 Å². The zero-order chi connectivity index (χ0) is 12.7. The van der Waals surface area contributed by atoms with E-state index in [0.717, 1.165) is 5.92 Å². The van der Waals surface area contributed by atoms with E-state index >= 15 is 0 Å². The molecule has 0 aromatic rings. The summed E-state index contributed by atoms with van der Waals surface area (Å²) in [6, 6.07) is 0.0194. The molecule has 1 rings (SSSR count). The molecule has 4 nitrogen and oxygen atoms in total. The summed E-state index contributed by atoms with van der Waals surface area (Å²) in [4.78, 5) is 11.5. The molecule has 1 saturated carbocycles. The predicted molar refractivity (Wildman–Crippen MR) is 68.8 cm³/mol. The van der Waals surface area contributed by atoms with Gasteiger partial charge in [0.15, 0.2) is 0 Å². The van der Waals surface area contributed by atoms with Gasteiger partial charge in [0.05, 0.1) is 6.61 Å². The van der Waals surface area contributed by atoms with Crippen LogP contribution in [0.3, 0.4) is 0 Å². The van der Waals surface area contributed by atoms with Gasteiger partial charge in [0, 0.05) is 12.6 Å². The summed E-state index contributed by atoms with van der Waals surface area (Å²) < 4.78 is 0. The van der Waals surface area contributed by atoms with Crippen molar-refractivity contribution in [3.63, 3.8) is 0 Å². The summed E-state index contributed by atoms with van der Waals surface area (Å²) in [7, 11) is 0. The van der Waals surface area contributed by atoms with Gasteiger partial charge in [-0.05, 0) is 18.8 Å². The van der Waals surface area contributed by atoms with E-state index in [0.29, 0.717) is 12.5 Å². The van der Waals surface area contributed by atoms with E-state index in [9.17, 15) is 4.79 Å². The van der Waals surface area contributed by atoms with Crippen LogP contribution in [0.5, 0.6) is 0 Å². The fourth-order valence-electron chi connectivity index (χ4n) is 2.63. The Labute approximate surface area is 104 Å². The molecule has 1 aliphatic carbocycles. The molecule has 0 aromatic heterocycles. The van der Waals surface area contributed by atoms with Crippen LogP contribution < -0.4 is 10.6 Å². The van der Waals surface area contributed by atoms with Crippen molar-refractivity contribution in [2.75, 3.05) is 13.2 Å². The third kappa shape index (κ3) is 4.94. The molecule has 100 valence electrons. The molecule has 17 heavy (non-hydrogen) atoms.